The SMILES string of the molecule is COc1ccc(/C=N\NC(=O)CCN2CCN(C(c3ccccc3)c3ccccc3)CC2)c(OC)c1. The number of carbonyl (C=O) groups is 1. The molecule has 0 atom stereocenters. The second-order valence-electron chi connectivity index (χ2n) is 8.75. The van der Waals surface area contributed by atoms with Crippen molar-refractivity contribution in [3.8, 4) is 11.5 Å². The topological polar surface area (TPSA) is 66.4 Å². The van der Waals surface area contributed by atoms with Gasteiger partial charge in [0.25, 0.3) is 0 Å². The summed E-state index contributed by atoms with van der Waals surface area (Å²) >= 11 is 0. The summed E-state index contributed by atoms with van der Waals surface area (Å²) in [7, 11) is 3.19. The van der Waals surface area contributed by atoms with Crippen LogP contribution >= 0.6 is 0 Å². The molecule has 0 aliphatic carbocycles. The van der Waals surface area contributed by atoms with Gasteiger partial charge in [-0.15, -0.1) is 0 Å². The number of rotatable bonds is 10. The standard InChI is InChI=1S/C29H34N4O3/c1-35-26-14-13-25(27(21-26)36-2)22-30-31-28(34)15-16-32-17-19-33(20-18-32)29(23-9-5-3-6-10-23)24-11-7-4-8-12-24/h3-14,21-22,29H,15-20H2,1-2H3,(H,31,34)/b30-22-. The van der Waals surface area contributed by atoms with Crippen molar-refractivity contribution < 1.29 is 14.3 Å². The van der Waals surface area contributed by atoms with E-state index in [1.54, 1.807) is 26.5 Å². The summed E-state index contributed by atoms with van der Waals surface area (Å²) in [6.45, 7) is 4.46. The number of ether oxygens (including phenoxy) is 2. The fourth-order valence-corrected chi connectivity index (χ4v) is 4.54. The second kappa shape index (κ2) is 12.9. The average molecular weight is 487 g/mol. The molecule has 0 saturated carbocycles. The largest absolute Gasteiger partial charge is 0.497 e. The number of piperazine rings is 1. The fourth-order valence-electron chi connectivity index (χ4n) is 4.54. The van der Waals surface area contributed by atoms with Crippen molar-refractivity contribution in [2.24, 2.45) is 5.10 Å². The maximum absolute atomic E-state index is 12.4. The predicted octanol–water partition coefficient (Wildman–Crippen LogP) is 3.95. The molecule has 188 valence electrons. The first-order valence-electron chi connectivity index (χ1n) is 12.3. The Bertz CT molecular complexity index is 1090. The van der Waals surface area contributed by atoms with Gasteiger partial charge in [0, 0.05) is 50.8 Å². The summed E-state index contributed by atoms with van der Waals surface area (Å²) in [6, 6.07) is 27.0. The lowest BCUT2D eigenvalue weighted by molar-refractivity contribution is -0.121. The van der Waals surface area contributed by atoms with Gasteiger partial charge < -0.3 is 14.4 Å². The Hall–Kier alpha value is -3.68. The van der Waals surface area contributed by atoms with Crippen LogP contribution in [-0.2, 0) is 4.79 Å². The van der Waals surface area contributed by atoms with Crippen LogP contribution in [0.3, 0.4) is 0 Å². The summed E-state index contributed by atoms with van der Waals surface area (Å²) < 4.78 is 10.6. The van der Waals surface area contributed by atoms with E-state index in [1.165, 1.54) is 11.1 Å². The molecule has 4 rings (SSSR count). The minimum absolute atomic E-state index is 0.104. The van der Waals surface area contributed by atoms with Crippen molar-refractivity contribution >= 4 is 12.1 Å². The molecule has 1 fully saturated rings. The van der Waals surface area contributed by atoms with Crippen LogP contribution in [0.15, 0.2) is 84.0 Å². The Balaban J connectivity index is 1.26. The number of hydrogen-bond acceptors (Lipinski definition) is 6. The maximum Gasteiger partial charge on any atom is 0.241 e. The van der Waals surface area contributed by atoms with Crippen molar-refractivity contribution in [3.05, 3.63) is 95.6 Å². The lowest BCUT2D eigenvalue weighted by Crippen LogP contribution is -2.48. The predicted molar refractivity (Wildman–Crippen MR) is 143 cm³/mol. The Kier molecular flexibility index (Phi) is 9.08. The van der Waals surface area contributed by atoms with Gasteiger partial charge >= 0.3 is 0 Å². The van der Waals surface area contributed by atoms with Gasteiger partial charge in [-0.3, -0.25) is 9.69 Å². The summed E-state index contributed by atoms with van der Waals surface area (Å²) in [6.07, 6.45) is 1.99. The van der Waals surface area contributed by atoms with Gasteiger partial charge in [-0.05, 0) is 23.3 Å². The van der Waals surface area contributed by atoms with E-state index in [0.717, 1.165) is 31.7 Å². The van der Waals surface area contributed by atoms with Crippen molar-refractivity contribution in [3.63, 3.8) is 0 Å². The monoisotopic (exact) mass is 486 g/mol. The smallest absolute Gasteiger partial charge is 0.241 e. The van der Waals surface area contributed by atoms with E-state index in [0.29, 0.717) is 24.5 Å². The molecule has 3 aromatic carbocycles. The lowest BCUT2D eigenvalue weighted by Gasteiger charge is -2.39. The zero-order chi connectivity index (χ0) is 25.2. The highest BCUT2D eigenvalue weighted by molar-refractivity contribution is 5.85. The normalized spacial score (nSPS) is 14.8. The molecule has 0 unspecified atom stereocenters. The highest BCUT2D eigenvalue weighted by atomic mass is 16.5. The molecule has 7 heteroatoms. The molecule has 0 bridgehead atoms. The number of nitrogens with zero attached hydrogens (tertiary/aromatic N) is 3. The van der Waals surface area contributed by atoms with Gasteiger partial charge in [-0.1, -0.05) is 60.7 Å². The van der Waals surface area contributed by atoms with Crippen LogP contribution < -0.4 is 14.9 Å². The number of amides is 1. The van der Waals surface area contributed by atoms with Gasteiger partial charge in [-0.2, -0.15) is 5.10 Å². The number of carbonyl (C=O) groups excluding carboxylic acids is 1. The van der Waals surface area contributed by atoms with E-state index in [-0.39, 0.29) is 11.9 Å². The Labute approximate surface area is 213 Å². The van der Waals surface area contributed by atoms with Crippen LogP contribution in [-0.4, -0.2) is 68.9 Å². The second-order valence-corrected chi connectivity index (χ2v) is 8.75. The number of hydrogen-bond donors (Lipinski definition) is 1. The molecule has 7 nitrogen and oxygen atoms in total. The van der Waals surface area contributed by atoms with E-state index in [4.69, 9.17) is 9.47 Å². The van der Waals surface area contributed by atoms with E-state index in [2.05, 4.69) is 81.0 Å². The zero-order valence-electron chi connectivity index (χ0n) is 21.0. The molecule has 1 aliphatic rings. The zero-order valence-corrected chi connectivity index (χ0v) is 21.0. The number of methoxy groups -OCH3 is 2. The van der Waals surface area contributed by atoms with E-state index >= 15 is 0 Å². The van der Waals surface area contributed by atoms with E-state index < -0.39 is 0 Å². The fraction of sp³-hybridized carbons (Fsp3) is 0.310. The summed E-state index contributed by atoms with van der Waals surface area (Å²) in [4.78, 5) is 17.2. The van der Waals surface area contributed by atoms with Crippen molar-refractivity contribution in [1.29, 1.82) is 0 Å². The van der Waals surface area contributed by atoms with Crippen molar-refractivity contribution in [2.75, 3.05) is 46.9 Å². The average Bonchev–Trinajstić information content (AvgIpc) is 2.94. The maximum atomic E-state index is 12.4. The van der Waals surface area contributed by atoms with Crippen LogP contribution in [0.5, 0.6) is 11.5 Å². The number of nitrogens with one attached hydrogen (secondary N) is 1. The third kappa shape index (κ3) is 6.71. The van der Waals surface area contributed by atoms with Gasteiger partial charge in [0.2, 0.25) is 5.91 Å². The summed E-state index contributed by atoms with van der Waals surface area (Å²) in [5, 5.41) is 4.10. The molecule has 1 heterocycles. The molecule has 1 amide bonds. The highest BCUT2D eigenvalue weighted by Gasteiger charge is 2.26. The minimum Gasteiger partial charge on any atom is -0.497 e. The van der Waals surface area contributed by atoms with E-state index in [9.17, 15) is 4.79 Å². The molecule has 3 aromatic rings. The van der Waals surface area contributed by atoms with Crippen molar-refractivity contribution in [1.82, 2.24) is 15.2 Å². The molecular weight excluding hydrogens is 452 g/mol. The minimum atomic E-state index is -0.104. The first-order valence-corrected chi connectivity index (χ1v) is 12.3. The molecule has 0 radical (unpaired) electrons. The van der Waals surface area contributed by atoms with Crippen LogP contribution in [0.1, 0.15) is 29.2 Å². The Morgan fingerprint density at radius 3 is 2.14 bits per heavy atom. The summed E-state index contributed by atoms with van der Waals surface area (Å²) in [5.74, 6) is 1.23. The molecule has 1 aliphatic heterocycles. The van der Waals surface area contributed by atoms with Crippen LogP contribution in [0.4, 0.5) is 0 Å². The van der Waals surface area contributed by atoms with Crippen LogP contribution in [0.2, 0.25) is 0 Å². The van der Waals surface area contributed by atoms with Crippen molar-refractivity contribution in [2.45, 2.75) is 12.5 Å². The Morgan fingerprint density at radius 1 is 0.917 bits per heavy atom. The molecule has 1 saturated heterocycles. The third-order valence-corrected chi connectivity index (χ3v) is 6.49. The summed E-state index contributed by atoms with van der Waals surface area (Å²) in [5.41, 5.74) is 6.01. The van der Waals surface area contributed by atoms with Crippen LogP contribution in [0, 0.1) is 0 Å². The number of benzene rings is 3. The molecule has 36 heavy (non-hydrogen) atoms. The highest BCUT2D eigenvalue weighted by Crippen LogP contribution is 2.29. The Morgan fingerprint density at radius 2 is 1.56 bits per heavy atom. The first kappa shape index (κ1) is 25.4. The molecular formula is C29H34N4O3. The first-order chi connectivity index (χ1) is 17.7. The lowest BCUT2D eigenvalue weighted by atomic mass is 9.96. The van der Waals surface area contributed by atoms with Gasteiger partial charge in [0.1, 0.15) is 11.5 Å². The molecule has 0 spiro atoms. The van der Waals surface area contributed by atoms with Gasteiger partial charge in [0.15, 0.2) is 0 Å². The van der Waals surface area contributed by atoms with E-state index in [1.807, 2.05) is 12.1 Å². The molecule has 1 N–H and O–H groups in total. The number of hydrazone groups is 1. The quantitative estimate of drug-likeness (QED) is 0.347. The molecule has 0 aromatic heterocycles. The van der Waals surface area contributed by atoms with Gasteiger partial charge in [0.05, 0.1) is 26.5 Å². The van der Waals surface area contributed by atoms with Gasteiger partial charge in [-0.25, -0.2) is 5.43 Å². The third-order valence-electron chi connectivity index (χ3n) is 6.49. The van der Waals surface area contributed by atoms with Crippen LogP contribution in [0.25, 0.3) is 0 Å².